The molecule has 0 saturated heterocycles. The quantitative estimate of drug-likeness (QED) is 0.438. The highest BCUT2D eigenvalue weighted by Crippen LogP contribution is 2.43. The van der Waals surface area contributed by atoms with Crippen LogP contribution in [0.2, 0.25) is 0 Å². The number of carbonyl (C=O) groups is 1. The van der Waals surface area contributed by atoms with E-state index < -0.39 is 5.91 Å². The summed E-state index contributed by atoms with van der Waals surface area (Å²) in [5.41, 5.74) is 2.93. The fourth-order valence-electron chi connectivity index (χ4n) is 3.66. The average Bonchev–Trinajstić information content (AvgIpc) is 3.28. The van der Waals surface area contributed by atoms with Crippen molar-refractivity contribution in [1.82, 2.24) is 0 Å². The van der Waals surface area contributed by atoms with E-state index in [1.54, 1.807) is 37.4 Å². The van der Waals surface area contributed by atoms with Gasteiger partial charge in [-0.05, 0) is 35.4 Å². The lowest BCUT2D eigenvalue weighted by molar-refractivity contribution is -0.112. The zero-order chi connectivity index (χ0) is 24.1. The minimum atomic E-state index is -0.456. The van der Waals surface area contributed by atoms with E-state index in [1.165, 1.54) is 21.3 Å². The number of amides is 1. The molecule has 1 amide bonds. The number of carbonyl (C=O) groups excluding carboxylic acids is 1. The summed E-state index contributed by atoms with van der Waals surface area (Å²) in [6, 6.07) is 18.5. The molecule has 8 heteroatoms. The van der Waals surface area contributed by atoms with E-state index in [1.807, 2.05) is 30.3 Å². The third-order valence-electron chi connectivity index (χ3n) is 5.32. The van der Waals surface area contributed by atoms with E-state index in [2.05, 4.69) is 10.2 Å². The second kappa shape index (κ2) is 10.1. The number of hydrogen-bond donors (Lipinski definition) is 0. The Labute approximate surface area is 197 Å². The predicted octanol–water partition coefficient (Wildman–Crippen LogP) is 5.16. The Morgan fingerprint density at radius 1 is 0.676 bits per heavy atom. The molecule has 0 N–H and O–H groups in total. The normalized spacial score (nSPS) is 12.6. The van der Waals surface area contributed by atoms with Gasteiger partial charge in [-0.2, -0.15) is 0 Å². The molecule has 0 saturated carbocycles. The van der Waals surface area contributed by atoms with Crippen LogP contribution in [0.25, 0.3) is 11.3 Å². The lowest BCUT2D eigenvalue weighted by Crippen LogP contribution is -2.01. The number of nitrogens with zero attached hydrogens (tertiary/aromatic N) is 2. The number of azo groups is 1. The van der Waals surface area contributed by atoms with Gasteiger partial charge in [0.25, 0.3) is 5.91 Å². The molecular weight excluding hydrogens is 436 g/mol. The van der Waals surface area contributed by atoms with E-state index in [4.69, 9.17) is 23.7 Å². The highest BCUT2D eigenvalue weighted by Gasteiger charge is 2.27. The first-order valence-corrected chi connectivity index (χ1v) is 10.5. The summed E-state index contributed by atoms with van der Waals surface area (Å²) >= 11 is 0. The van der Waals surface area contributed by atoms with Gasteiger partial charge in [0, 0.05) is 5.56 Å². The molecule has 4 rings (SSSR count). The lowest BCUT2D eigenvalue weighted by atomic mass is 9.99. The molecule has 1 aliphatic heterocycles. The third-order valence-corrected chi connectivity index (χ3v) is 5.32. The minimum absolute atomic E-state index is 0.335. The van der Waals surface area contributed by atoms with E-state index in [-0.39, 0.29) is 0 Å². The summed E-state index contributed by atoms with van der Waals surface area (Å²) in [7, 11) is 6.14. The van der Waals surface area contributed by atoms with Gasteiger partial charge in [-0.15, -0.1) is 10.2 Å². The SMILES string of the molecule is COc1ccc(C2=C(c3cc(OC)c(OC)c(OC)c3)N=NC2=O)cc1OCc1ccccc1. The van der Waals surface area contributed by atoms with Gasteiger partial charge in [0.2, 0.25) is 5.75 Å². The Morgan fingerprint density at radius 3 is 1.94 bits per heavy atom. The second-order valence-electron chi connectivity index (χ2n) is 7.28. The number of rotatable bonds is 9. The van der Waals surface area contributed by atoms with Crippen molar-refractivity contribution in [2.75, 3.05) is 28.4 Å². The monoisotopic (exact) mass is 460 g/mol. The number of benzene rings is 3. The van der Waals surface area contributed by atoms with Crippen molar-refractivity contribution in [3.8, 4) is 28.7 Å². The molecule has 1 heterocycles. The summed E-state index contributed by atoms with van der Waals surface area (Å²) in [5.74, 6) is 1.93. The van der Waals surface area contributed by atoms with Crippen LogP contribution in [-0.2, 0) is 11.4 Å². The summed E-state index contributed by atoms with van der Waals surface area (Å²) in [4.78, 5) is 12.8. The topological polar surface area (TPSA) is 87.9 Å². The molecule has 174 valence electrons. The van der Waals surface area contributed by atoms with Gasteiger partial charge >= 0.3 is 0 Å². The summed E-state index contributed by atoms with van der Waals surface area (Å²) in [6.07, 6.45) is 0. The molecule has 3 aromatic rings. The number of hydrogen-bond acceptors (Lipinski definition) is 7. The van der Waals surface area contributed by atoms with Gasteiger partial charge in [-0.3, -0.25) is 4.79 Å². The maximum absolute atomic E-state index is 12.8. The first kappa shape index (κ1) is 22.8. The summed E-state index contributed by atoms with van der Waals surface area (Å²) in [6.45, 7) is 0.349. The van der Waals surface area contributed by atoms with Gasteiger partial charge in [-0.25, -0.2) is 0 Å². The Kier molecular flexibility index (Phi) is 6.77. The standard InChI is InChI=1S/C26H24N2O6/c1-30-19-11-10-17(12-20(19)34-15-16-8-6-5-7-9-16)23-24(27-28-26(23)29)18-13-21(31-2)25(33-4)22(14-18)32-3/h5-14H,15H2,1-4H3. The Balaban J connectivity index is 1.77. The van der Waals surface area contributed by atoms with Gasteiger partial charge in [0.05, 0.1) is 34.0 Å². The molecular formula is C26H24N2O6. The van der Waals surface area contributed by atoms with Crippen molar-refractivity contribution in [3.63, 3.8) is 0 Å². The van der Waals surface area contributed by atoms with Crippen LogP contribution in [0, 0.1) is 0 Å². The molecule has 1 aliphatic rings. The first-order valence-electron chi connectivity index (χ1n) is 10.5. The summed E-state index contributed by atoms with van der Waals surface area (Å²) in [5, 5.41) is 7.95. The molecule has 0 aromatic heterocycles. The average molecular weight is 460 g/mol. The van der Waals surface area contributed by atoms with Crippen LogP contribution in [-0.4, -0.2) is 34.3 Å². The van der Waals surface area contributed by atoms with Crippen LogP contribution in [0.1, 0.15) is 16.7 Å². The Hall–Kier alpha value is -4.33. The molecule has 0 atom stereocenters. The minimum Gasteiger partial charge on any atom is -0.493 e. The van der Waals surface area contributed by atoms with Gasteiger partial charge < -0.3 is 23.7 Å². The van der Waals surface area contributed by atoms with Crippen LogP contribution in [0.3, 0.4) is 0 Å². The number of methoxy groups -OCH3 is 4. The molecule has 0 radical (unpaired) electrons. The summed E-state index contributed by atoms with van der Waals surface area (Å²) < 4.78 is 27.8. The van der Waals surface area contributed by atoms with Crippen molar-refractivity contribution in [1.29, 1.82) is 0 Å². The second-order valence-corrected chi connectivity index (χ2v) is 7.28. The van der Waals surface area contributed by atoms with E-state index in [0.717, 1.165) is 5.56 Å². The predicted molar refractivity (Wildman–Crippen MR) is 127 cm³/mol. The third kappa shape index (κ3) is 4.43. The number of ether oxygens (including phenoxy) is 5. The van der Waals surface area contributed by atoms with Crippen molar-refractivity contribution >= 4 is 17.2 Å². The van der Waals surface area contributed by atoms with Crippen molar-refractivity contribution < 1.29 is 28.5 Å². The molecule has 8 nitrogen and oxygen atoms in total. The molecule has 34 heavy (non-hydrogen) atoms. The highest BCUT2D eigenvalue weighted by molar-refractivity contribution is 6.29. The fraction of sp³-hybridized carbons (Fsp3) is 0.192. The van der Waals surface area contributed by atoms with Crippen LogP contribution < -0.4 is 23.7 Å². The van der Waals surface area contributed by atoms with Crippen LogP contribution in [0.5, 0.6) is 28.7 Å². The molecule has 0 unspecified atom stereocenters. The maximum atomic E-state index is 12.8. The van der Waals surface area contributed by atoms with Crippen molar-refractivity contribution in [2.45, 2.75) is 6.61 Å². The fourth-order valence-corrected chi connectivity index (χ4v) is 3.66. The zero-order valence-electron chi connectivity index (χ0n) is 19.3. The Morgan fingerprint density at radius 2 is 1.32 bits per heavy atom. The molecule has 0 fully saturated rings. The molecule has 0 spiro atoms. The van der Waals surface area contributed by atoms with Gasteiger partial charge in [-0.1, -0.05) is 36.4 Å². The highest BCUT2D eigenvalue weighted by atomic mass is 16.5. The molecule has 0 bridgehead atoms. The van der Waals surface area contributed by atoms with E-state index in [9.17, 15) is 4.79 Å². The van der Waals surface area contributed by atoms with Crippen LogP contribution >= 0.6 is 0 Å². The largest absolute Gasteiger partial charge is 0.493 e. The Bertz CT molecular complexity index is 1240. The van der Waals surface area contributed by atoms with Crippen LogP contribution in [0.4, 0.5) is 0 Å². The zero-order valence-corrected chi connectivity index (χ0v) is 19.3. The first-order chi connectivity index (χ1) is 16.6. The van der Waals surface area contributed by atoms with E-state index in [0.29, 0.717) is 57.8 Å². The van der Waals surface area contributed by atoms with Crippen molar-refractivity contribution in [2.24, 2.45) is 10.2 Å². The van der Waals surface area contributed by atoms with Crippen molar-refractivity contribution in [3.05, 3.63) is 77.4 Å². The van der Waals surface area contributed by atoms with Crippen LogP contribution in [0.15, 0.2) is 70.9 Å². The van der Waals surface area contributed by atoms with Gasteiger partial charge in [0.15, 0.2) is 23.0 Å². The lowest BCUT2D eigenvalue weighted by Gasteiger charge is -2.15. The molecule has 3 aromatic carbocycles. The van der Waals surface area contributed by atoms with Gasteiger partial charge in [0.1, 0.15) is 12.3 Å². The smallest absolute Gasteiger partial charge is 0.298 e. The van der Waals surface area contributed by atoms with E-state index >= 15 is 0 Å². The maximum Gasteiger partial charge on any atom is 0.298 e. The molecule has 0 aliphatic carbocycles.